The fourth-order valence-electron chi connectivity index (χ4n) is 10.4. The zero-order valence-corrected chi connectivity index (χ0v) is 32.2. The predicted octanol–water partition coefficient (Wildman–Crippen LogP) is 11.7. The summed E-state index contributed by atoms with van der Waals surface area (Å²) in [4.78, 5) is 22.5. The van der Waals surface area contributed by atoms with Crippen LogP contribution < -0.4 is 9.64 Å². The monoisotopic (exact) mass is 757 g/mol. The smallest absolute Gasteiger partial charge is 0.132 e. The second-order valence-electron chi connectivity index (χ2n) is 15.5. The standard InChI is InChI=1S/C53H35N5O/c1-33-38-20-9-10-21-39(38)53(42-24-14-28-55-49(42)50-43(53)25-15-29-56-50)44(33)31-47-34(2)52(40-22-11-12-26-46(40)59-47)41-23-13-27-54-48(41)51-45(52)30-37(32-57-51)58(35-16-5-3-6-17-35)36-18-7-4-8-19-36/h3-32H,1H2,2H3/b44-31+. The van der Waals surface area contributed by atoms with Crippen LogP contribution in [-0.4, -0.2) is 19.9 Å². The molecular formula is C53H35N5O. The number of rotatable bonds is 4. The zero-order chi connectivity index (χ0) is 39.3. The maximum absolute atomic E-state index is 7.14. The molecule has 8 aromatic rings. The molecule has 3 aliphatic carbocycles. The van der Waals surface area contributed by atoms with E-state index in [1.165, 1.54) is 0 Å². The lowest BCUT2D eigenvalue weighted by Gasteiger charge is -2.40. The van der Waals surface area contributed by atoms with Gasteiger partial charge in [0.15, 0.2) is 0 Å². The summed E-state index contributed by atoms with van der Waals surface area (Å²) in [5.74, 6) is 1.54. The molecule has 1 unspecified atom stereocenters. The molecule has 4 aromatic heterocycles. The van der Waals surface area contributed by atoms with Crippen molar-refractivity contribution in [2.24, 2.45) is 0 Å². The van der Waals surface area contributed by atoms with E-state index in [0.29, 0.717) is 0 Å². The van der Waals surface area contributed by atoms with Crippen LogP contribution >= 0.6 is 0 Å². The number of benzene rings is 4. The Bertz CT molecular complexity index is 3050. The second-order valence-corrected chi connectivity index (χ2v) is 15.5. The molecule has 0 saturated heterocycles. The molecular weight excluding hydrogens is 723 g/mol. The topological polar surface area (TPSA) is 64.0 Å². The fraction of sp³-hybridized carbons (Fsp3) is 0.0566. The van der Waals surface area contributed by atoms with Crippen LogP contribution in [0.15, 0.2) is 206 Å². The van der Waals surface area contributed by atoms with Crippen LogP contribution in [-0.2, 0) is 10.8 Å². The number of ether oxygens (including phenoxy) is 1. The Morgan fingerprint density at radius 2 is 1.02 bits per heavy atom. The normalized spacial score (nSPS) is 17.9. The van der Waals surface area contributed by atoms with Crippen molar-refractivity contribution >= 4 is 22.6 Å². The molecule has 0 fully saturated rings. The highest BCUT2D eigenvalue weighted by atomic mass is 16.5. The van der Waals surface area contributed by atoms with Crippen LogP contribution in [0, 0.1) is 0 Å². The zero-order valence-electron chi connectivity index (χ0n) is 32.2. The summed E-state index contributed by atoms with van der Waals surface area (Å²) in [5, 5.41) is 0. The van der Waals surface area contributed by atoms with Crippen molar-refractivity contribution in [3.63, 3.8) is 0 Å². The number of nitrogens with zero attached hydrogens (tertiary/aromatic N) is 5. The van der Waals surface area contributed by atoms with Crippen molar-refractivity contribution in [2.45, 2.75) is 17.8 Å². The Hall–Kier alpha value is -7.70. The molecule has 0 radical (unpaired) electrons. The first-order valence-electron chi connectivity index (χ1n) is 19.9. The molecule has 0 amide bonds. The summed E-state index contributed by atoms with van der Waals surface area (Å²) in [7, 11) is 0. The number of fused-ring (bicyclic) bond motifs is 14. The van der Waals surface area contributed by atoms with E-state index in [2.05, 4.69) is 133 Å². The van der Waals surface area contributed by atoms with Gasteiger partial charge in [-0.2, -0.15) is 0 Å². The summed E-state index contributed by atoms with van der Waals surface area (Å²) < 4.78 is 7.14. The van der Waals surface area contributed by atoms with Crippen molar-refractivity contribution in [1.82, 2.24) is 19.9 Å². The molecule has 1 atom stereocenters. The Balaban J connectivity index is 1.15. The SMILES string of the molecule is C=C1/C(=C\C2=C(C)C3(c4ccccc4O2)c2cccnc2-c2ncc(N(c4ccccc4)c4ccccc4)cc23)C2(c3ccccc31)c1cccnc1-c1ncccc12. The third-order valence-corrected chi connectivity index (χ3v) is 12.8. The van der Waals surface area contributed by atoms with Crippen LogP contribution in [0.4, 0.5) is 17.1 Å². The average molecular weight is 758 g/mol. The minimum absolute atomic E-state index is 0.699. The molecule has 12 rings (SSSR count). The fourth-order valence-corrected chi connectivity index (χ4v) is 10.4. The number of hydrogen-bond donors (Lipinski definition) is 0. The van der Waals surface area contributed by atoms with Gasteiger partial charge in [-0.15, -0.1) is 0 Å². The molecule has 0 N–H and O–H groups in total. The lowest BCUT2D eigenvalue weighted by Crippen LogP contribution is -2.34. The highest BCUT2D eigenvalue weighted by molar-refractivity contribution is 5.98. The molecule has 6 nitrogen and oxygen atoms in total. The van der Waals surface area contributed by atoms with Gasteiger partial charge in [0, 0.05) is 41.1 Å². The summed E-state index contributed by atoms with van der Waals surface area (Å²) in [6.07, 6.45) is 9.80. The highest BCUT2D eigenvalue weighted by Gasteiger charge is 2.56. The Morgan fingerprint density at radius 1 is 0.508 bits per heavy atom. The van der Waals surface area contributed by atoms with Crippen molar-refractivity contribution in [1.29, 1.82) is 0 Å². The maximum atomic E-state index is 7.14. The molecule has 0 bridgehead atoms. The van der Waals surface area contributed by atoms with Crippen LogP contribution in [0.2, 0.25) is 0 Å². The summed E-state index contributed by atoms with van der Waals surface area (Å²) in [5.41, 5.74) is 15.7. The lowest BCUT2D eigenvalue weighted by atomic mass is 9.65. The molecule has 4 aliphatic rings. The van der Waals surface area contributed by atoms with Crippen LogP contribution in [0.5, 0.6) is 5.75 Å². The van der Waals surface area contributed by atoms with Crippen molar-refractivity contribution in [3.05, 3.63) is 245 Å². The van der Waals surface area contributed by atoms with Gasteiger partial charge in [0.05, 0.1) is 45.5 Å². The van der Waals surface area contributed by atoms with Gasteiger partial charge in [0.25, 0.3) is 0 Å². The first kappa shape index (κ1) is 33.4. The van der Waals surface area contributed by atoms with E-state index < -0.39 is 10.8 Å². The van der Waals surface area contributed by atoms with Crippen LogP contribution in [0.25, 0.3) is 28.3 Å². The molecule has 278 valence electrons. The number of pyridine rings is 4. The minimum atomic E-state index is -0.781. The first-order valence-corrected chi connectivity index (χ1v) is 19.9. The van der Waals surface area contributed by atoms with Crippen molar-refractivity contribution in [2.75, 3.05) is 4.90 Å². The van der Waals surface area contributed by atoms with E-state index >= 15 is 0 Å². The van der Waals surface area contributed by atoms with E-state index in [0.717, 1.165) is 107 Å². The van der Waals surface area contributed by atoms with Gasteiger partial charge in [-0.1, -0.05) is 104 Å². The third-order valence-electron chi connectivity index (χ3n) is 12.8. The molecule has 1 aliphatic heterocycles. The van der Waals surface area contributed by atoms with Crippen molar-refractivity contribution < 1.29 is 4.74 Å². The third kappa shape index (κ3) is 4.35. The quantitative estimate of drug-likeness (QED) is 0.178. The molecule has 2 spiro atoms. The maximum Gasteiger partial charge on any atom is 0.132 e. The van der Waals surface area contributed by atoms with Crippen molar-refractivity contribution in [3.8, 4) is 28.5 Å². The Morgan fingerprint density at radius 3 is 1.64 bits per heavy atom. The molecule has 6 heteroatoms. The molecule has 4 aromatic carbocycles. The predicted molar refractivity (Wildman–Crippen MR) is 233 cm³/mol. The van der Waals surface area contributed by atoms with E-state index in [-0.39, 0.29) is 0 Å². The van der Waals surface area contributed by atoms with E-state index in [4.69, 9.17) is 31.3 Å². The number of para-hydroxylation sites is 3. The number of allylic oxidation sites excluding steroid dienone is 4. The average Bonchev–Trinajstić information content (AvgIpc) is 3.85. The van der Waals surface area contributed by atoms with E-state index in [1.807, 2.05) is 61.2 Å². The first-order chi connectivity index (χ1) is 29.1. The second kappa shape index (κ2) is 12.4. The number of anilines is 3. The van der Waals surface area contributed by atoms with Crippen LogP contribution in [0.3, 0.4) is 0 Å². The van der Waals surface area contributed by atoms with Gasteiger partial charge < -0.3 is 9.64 Å². The van der Waals surface area contributed by atoms with Crippen LogP contribution in [0.1, 0.15) is 45.9 Å². The van der Waals surface area contributed by atoms with E-state index in [9.17, 15) is 0 Å². The van der Waals surface area contributed by atoms with Gasteiger partial charge in [-0.25, -0.2) is 0 Å². The van der Waals surface area contributed by atoms with Gasteiger partial charge in [-0.05, 0) is 112 Å². The molecule has 5 heterocycles. The molecule has 0 saturated carbocycles. The summed E-state index contributed by atoms with van der Waals surface area (Å²) >= 11 is 0. The summed E-state index contributed by atoms with van der Waals surface area (Å²) in [6.45, 7) is 7.03. The molecule has 59 heavy (non-hydrogen) atoms. The van der Waals surface area contributed by atoms with Gasteiger partial charge in [-0.3, -0.25) is 19.9 Å². The van der Waals surface area contributed by atoms with E-state index in [1.54, 1.807) is 0 Å². The largest absolute Gasteiger partial charge is 0.457 e. The number of aromatic nitrogens is 4. The minimum Gasteiger partial charge on any atom is -0.457 e. The van der Waals surface area contributed by atoms with Gasteiger partial charge >= 0.3 is 0 Å². The van der Waals surface area contributed by atoms with Gasteiger partial charge in [0.1, 0.15) is 11.5 Å². The number of hydrogen-bond acceptors (Lipinski definition) is 6. The lowest BCUT2D eigenvalue weighted by molar-refractivity contribution is 0.397. The Labute approximate surface area is 342 Å². The summed E-state index contributed by atoms with van der Waals surface area (Å²) in [6, 6.07) is 53.0. The van der Waals surface area contributed by atoms with Gasteiger partial charge in [0.2, 0.25) is 0 Å². The Kier molecular flexibility index (Phi) is 7.03. The highest BCUT2D eigenvalue weighted by Crippen LogP contribution is 2.64.